The number of carbonyl (C=O) groups excluding carboxylic acids is 2. The van der Waals surface area contributed by atoms with Gasteiger partial charge < -0.3 is 9.47 Å². The lowest BCUT2D eigenvalue weighted by Gasteiger charge is -2.30. The topological polar surface area (TPSA) is 68.7 Å². The van der Waals surface area contributed by atoms with Crippen molar-refractivity contribution < 1.29 is 19.1 Å². The van der Waals surface area contributed by atoms with E-state index >= 15 is 0 Å². The van der Waals surface area contributed by atoms with Crippen molar-refractivity contribution in [1.29, 1.82) is 0 Å². The highest BCUT2D eigenvalue weighted by molar-refractivity contribution is 5.88. The minimum Gasteiger partial charge on any atom is -0.443 e. The first kappa shape index (κ1) is 15.3. The van der Waals surface area contributed by atoms with Crippen LogP contribution in [0.1, 0.15) is 39.7 Å². The molecule has 0 fully saturated rings. The zero-order chi connectivity index (χ0) is 15.6. The van der Waals surface area contributed by atoms with E-state index in [1.54, 1.807) is 6.07 Å². The van der Waals surface area contributed by atoms with Crippen molar-refractivity contribution in [3.8, 4) is 5.88 Å². The molecule has 0 radical (unpaired) electrons. The zero-order valence-corrected chi connectivity index (χ0v) is 12.8. The minimum absolute atomic E-state index is 0.191. The van der Waals surface area contributed by atoms with Crippen molar-refractivity contribution in [1.82, 2.24) is 4.98 Å². The van der Waals surface area contributed by atoms with E-state index in [9.17, 15) is 9.59 Å². The van der Waals surface area contributed by atoms with Crippen molar-refractivity contribution in [3.63, 3.8) is 0 Å². The van der Waals surface area contributed by atoms with E-state index in [1.165, 1.54) is 11.8 Å². The molecule has 1 aromatic rings. The first-order valence-corrected chi connectivity index (χ1v) is 6.95. The zero-order valence-electron chi connectivity index (χ0n) is 12.8. The van der Waals surface area contributed by atoms with Gasteiger partial charge in [0, 0.05) is 19.5 Å². The number of pyridine rings is 1. The first-order valence-electron chi connectivity index (χ1n) is 6.95. The molecule has 0 unspecified atom stereocenters. The molecule has 0 bridgehead atoms. The lowest BCUT2D eigenvalue weighted by atomic mass is 10.1. The fourth-order valence-corrected chi connectivity index (χ4v) is 2.12. The van der Waals surface area contributed by atoms with E-state index in [1.807, 2.05) is 26.8 Å². The van der Waals surface area contributed by atoms with Gasteiger partial charge in [-0.2, -0.15) is 4.98 Å². The molecule has 0 N–H and O–H groups in total. The number of fused-ring (bicyclic) bond motifs is 1. The van der Waals surface area contributed by atoms with Crippen molar-refractivity contribution >= 4 is 17.9 Å². The van der Waals surface area contributed by atoms with Crippen LogP contribution in [-0.2, 0) is 16.0 Å². The second-order valence-electron chi connectivity index (χ2n) is 5.96. The maximum absolute atomic E-state index is 12.3. The van der Waals surface area contributed by atoms with Crippen LogP contribution in [0.5, 0.6) is 5.88 Å². The van der Waals surface area contributed by atoms with Crippen molar-refractivity contribution in [3.05, 3.63) is 17.7 Å². The summed E-state index contributed by atoms with van der Waals surface area (Å²) in [4.78, 5) is 29.0. The first-order chi connectivity index (χ1) is 9.76. The second-order valence-corrected chi connectivity index (χ2v) is 5.96. The SMILES string of the molecule is CC(=O)Oc1ccc2c(n1)N(C(=O)OC(C)(C)C)CCC2. The van der Waals surface area contributed by atoms with Gasteiger partial charge in [-0.25, -0.2) is 4.79 Å². The van der Waals surface area contributed by atoms with Crippen LogP contribution in [0.3, 0.4) is 0 Å². The molecule has 1 aliphatic heterocycles. The van der Waals surface area contributed by atoms with E-state index in [4.69, 9.17) is 9.47 Å². The van der Waals surface area contributed by atoms with Crippen LogP contribution in [-0.4, -0.2) is 29.2 Å². The smallest absolute Gasteiger partial charge is 0.416 e. The van der Waals surface area contributed by atoms with Gasteiger partial charge in [-0.1, -0.05) is 0 Å². The van der Waals surface area contributed by atoms with Gasteiger partial charge >= 0.3 is 12.1 Å². The molecule has 1 amide bonds. The van der Waals surface area contributed by atoms with E-state index in [-0.39, 0.29) is 5.88 Å². The standard InChI is InChI=1S/C15H20N2O4/c1-10(18)20-12-8-7-11-6-5-9-17(13(11)16-12)14(19)21-15(2,3)4/h7-8H,5-6,9H2,1-4H3. The van der Waals surface area contributed by atoms with E-state index < -0.39 is 17.7 Å². The quantitative estimate of drug-likeness (QED) is 0.744. The Balaban J connectivity index is 2.28. The largest absolute Gasteiger partial charge is 0.443 e. The number of ether oxygens (including phenoxy) is 2. The van der Waals surface area contributed by atoms with Gasteiger partial charge in [0.15, 0.2) is 0 Å². The molecule has 21 heavy (non-hydrogen) atoms. The maximum atomic E-state index is 12.3. The number of amides is 1. The molecule has 2 heterocycles. The molecule has 6 nitrogen and oxygen atoms in total. The average Bonchev–Trinajstić information content (AvgIpc) is 2.35. The fraction of sp³-hybridized carbons (Fsp3) is 0.533. The summed E-state index contributed by atoms with van der Waals surface area (Å²) in [6.07, 6.45) is 1.25. The predicted octanol–water partition coefficient (Wildman–Crippen LogP) is 2.69. The highest BCUT2D eigenvalue weighted by Crippen LogP contribution is 2.28. The van der Waals surface area contributed by atoms with Gasteiger partial charge in [-0.3, -0.25) is 9.69 Å². The van der Waals surface area contributed by atoms with Crippen LogP contribution in [0.25, 0.3) is 0 Å². The summed E-state index contributed by atoms with van der Waals surface area (Å²) in [6.45, 7) is 7.31. The Morgan fingerprint density at radius 3 is 2.62 bits per heavy atom. The molecule has 6 heteroatoms. The van der Waals surface area contributed by atoms with Crippen LogP contribution in [0.2, 0.25) is 0 Å². The molecule has 1 aliphatic rings. The third kappa shape index (κ3) is 3.93. The van der Waals surface area contributed by atoms with Crippen molar-refractivity contribution in [2.24, 2.45) is 0 Å². The summed E-state index contributed by atoms with van der Waals surface area (Å²) >= 11 is 0. The highest BCUT2D eigenvalue weighted by Gasteiger charge is 2.28. The summed E-state index contributed by atoms with van der Waals surface area (Å²) in [5.74, 6) is 0.257. The van der Waals surface area contributed by atoms with Gasteiger partial charge in [0.1, 0.15) is 11.4 Å². The Morgan fingerprint density at radius 2 is 2.00 bits per heavy atom. The Morgan fingerprint density at radius 1 is 1.29 bits per heavy atom. The summed E-state index contributed by atoms with van der Waals surface area (Å²) in [7, 11) is 0. The Bertz CT molecular complexity index is 563. The molecule has 0 spiro atoms. The molecule has 0 atom stereocenters. The molecular weight excluding hydrogens is 272 g/mol. The van der Waals surface area contributed by atoms with Gasteiger partial charge in [-0.15, -0.1) is 0 Å². The van der Waals surface area contributed by atoms with Gasteiger partial charge in [0.2, 0.25) is 5.88 Å². The van der Waals surface area contributed by atoms with E-state index in [0.29, 0.717) is 12.4 Å². The Kier molecular flexibility index (Phi) is 4.16. The van der Waals surface area contributed by atoms with Crippen LogP contribution in [0.15, 0.2) is 12.1 Å². The predicted molar refractivity (Wildman–Crippen MR) is 77.4 cm³/mol. The molecule has 0 saturated carbocycles. The summed E-state index contributed by atoms with van der Waals surface area (Å²) in [6, 6.07) is 3.47. The van der Waals surface area contributed by atoms with Gasteiger partial charge in [-0.05, 0) is 45.2 Å². The third-order valence-electron chi connectivity index (χ3n) is 2.88. The number of rotatable bonds is 1. The number of esters is 1. The van der Waals surface area contributed by atoms with Gasteiger partial charge in [0.05, 0.1) is 0 Å². The molecule has 1 aromatic heterocycles. The number of anilines is 1. The number of carbonyl (C=O) groups is 2. The number of nitrogens with zero attached hydrogens (tertiary/aromatic N) is 2. The lowest BCUT2D eigenvalue weighted by Crippen LogP contribution is -2.40. The van der Waals surface area contributed by atoms with E-state index in [0.717, 1.165) is 18.4 Å². The summed E-state index contributed by atoms with van der Waals surface area (Å²) in [5.41, 5.74) is 0.380. The average molecular weight is 292 g/mol. The minimum atomic E-state index is -0.567. The van der Waals surface area contributed by atoms with Crippen molar-refractivity contribution in [2.45, 2.75) is 46.1 Å². The fourth-order valence-electron chi connectivity index (χ4n) is 2.12. The Hall–Kier alpha value is -2.11. The molecular formula is C15H20N2O4. The number of hydrogen-bond donors (Lipinski definition) is 0. The number of aryl methyl sites for hydroxylation is 1. The molecule has 114 valence electrons. The lowest BCUT2D eigenvalue weighted by molar-refractivity contribution is -0.132. The van der Waals surface area contributed by atoms with E-state index in [2.05, 4.69) is 4.98 Å². The second kappa shape index (κ2) is 5.71. The normalized spacial score (nSPS) is 14.4. The summed E-state index contributed by atoms with van der Waals surface area (Å²) < 4.78 is 10.4. The molecule has 2 rings (SSSR count). The molecule has 0 aliphatic carbocycles. The van der Waals surface area contributed by atoms with Crippen LogP contribution in [0, 0.1) is 0 Å². The molecule has 0 aromatic carbocycles. The summed E-state index contributed by atoms with van der Waals surface area (Å²) in [5, 5.41) is 0. The number of aromatic nitrogens is 1. The third-order valence-corrected chi connectivity index (χ3v) is 2.88. The highest BCUT2D eigenvalue weighted by atomic mass is 16.6. The maximum Gasteiger partial charge on any atom is 0.416 e. The monoisotopic (exact) mass is 292 g/mol. The van der Waals surface area contributed by atoms with Crippen LogP contribution in [0.4, 0.5) is 10.6 Å². The van der Waals surface area contributed by atoms with Crippen LogP contribution >= 0.6 is 0 Å². The van der Waals surface area contributed by atoms with Crippen molar-refractivity contribution in [2.75, 3.05) is 11.4 Å². The molecule has 0 saturated heterocycles. The number of hydrogen-bond acceptors (Lipinski definition) is 5. The Labute approximate surface area is 124 Å². The van der Waals surface area contributed by atoms with Crippen LogP contribution < -0.4 is 9.64 Å². The van der Waals surface area contributed by atoms with Gasteiger partial charge in [0.25, 0.3) is 0 Å².